The Morgan fingerprint density at radius 1 is 0.955 bits per heavy atom. The number of hydrogen-bond donors (Lipinski definition) is 3. The number of amides is 1. The Labute approximate surface area is 277 Å². The van der Waals surface area contributed by atoms with E-state index < -0.39 is 53.2 Å². The van der Waals surface area contributed by atoms with Crippen molar-refractivity contribution in [2.75, 3.05) is 11.2 Å². The van der Waals surface area contributed by atoms with Crippen LogP contribution in [0.25, 0.3) is 10.9 Å². The van der Waals surface area contributed by atoms with E-state index in [2.05, 4.69) is 19.8 Å². The van der Waals surface area contributed by atoms with Gasteiger partial charge in [0.15, 0.2) is 5.75 Å². The molecule has 3 aromatic rings. The molecule has 0 unspecified atom stereocenters. The Kier molecular flexibility index (Phi) is 16.7. The third-order valence-electron chi connectivity index (χ3n) is 4.66. The van der Waals surface area contributed by atoms with E-state index in [9.17, 15) is 50.6 Å². The van der Waals surface area contributed by atoms with Crippen LogP contribution >= 0.6 is 11.6 Å². The van der Waals surface area contributed by atoms with Crippen LogP contribution in [0, 0.1) is 6.92 Å². The monoisotopic (exact) mass is 684 g/mol. The normalized spacial score (nSPS) is 11.5. The summed E-state index contributed by atoms with van der Waals surface area (Å²) >= 11 is 4.99. The van der Waals surface area contributed by atoms with E-state index in [0.29, 0.717) is 0 Å². The molecule has 1 amide bonds. The maximum absolute atomic E-state index is 12.1. The largest absolute Gasteiger partial charge is 2.00 e. The van der Waals surface area contributed by atoms with E-state index >= 15 is 0 Å². The summed E-state index contributed by atoms with van der Waals surface area (Å²) in [6.45, 7) is 2.84. The number of carbonyl (C=O) groups excluding carboxylic acids is 3. The second-order valence-corrected chi connectivity index (χ2v) is 8.09. The number of anilines is 1. The SMILES string of the molecule is CC(=O)CCl.Cc1nc2ccc(OC(F)(F)F)cc2c(C(=O)O)c1O.O=C1Nc2ccc(OC(F)(F)F)cc2C1=O.[Ca+2].[OH-].[OH-]. The number of aromatic hydroxyl groups is 1. The van der Waals surface area contributed by atoms with Gasteiger partial charge in [-0.2, -0.15) is 0 Å². The van der Waals surface area contributed by atoms with Gasteiger partial charge < -0.3 is 36.0 Å². The molecule has 44 heavy (non-hydrogen) atoms. The molecular formula is C24H19CaClF6N2O10. The molecule has 1 aliphatic rings. The number of pyridine rings is 1. The van der Waals surface area contributed by atoms with E-state index in [1.807, 2.05) is 0 Å². The Morgan fingerprint density at radius 2 is 1.43 bits per heavy atom. The molecule has 0 radical (unpaired) electrons. The van der Waals surface area contributed by atoms with Crippen LogP contribution in [0.5, 0.6) is 17.2 Å². The van der Waals surface area contributed by atoms with Crippen molar-refractivity contribution >= 4 is 89.4 Å². The number of carboxylic acids is 1. The predicted octanol–water partition coefficient (Wildman–Crippen LogP) is 4.65. The van der Waals surface area contributed by atoms with Crippen molar-refractivity contribution in [3.05, 3.63) is 53.2 Å². The van der Waals surface area contributed by atoms with Gasteiger partial charge in [0.1, 0.15) is 22.8 Å². The fourth-order valence-corrected chi connectivity index (χ4v) is 3.09. The van der Waals surface area contributed by atoms with Crippen LogP contribution in [0.3, 0.4) is 0 Å². The standard InChI is InChI=1S/C12H8F3NO4.C9H4F3NO3.C3H5ClO.Ca.2H2O/c1-5-10(17)9(11(18)19)7-4-6(20-12(13,14)15)2-3-8(7)16-5;10-9(11,12)16-4-1-2-6-5(3-4)7(14)8(15)13-6;1-3(5)2-4;;;/h2-4,17H,1H3,(H,18,19);1-3H,(H,13,14,15);2H2,1H3;;2*1H2/q;;;+2;;/p-2. The number of Topliss-reactive ketones (excluding diaryl/α,β-unsaturated/α-hetero) is 2. The van der Waals surface area contributed by atoms with E-state index in [1.54, 1.807) is 0 Å². The van der Waals surface area contributed by atoms with Crippen LogP contribution in [-0.4, -0.2) is 106 Å². The minimum absolute atomic E-state index is 0. The summed E-state index contributed by atoms with van der Waals surface area (Å²) in [7, 11) is 0. The molecule has 2 heterocycles. The van der Waals surface area contributed by atoms with Crippen LogP contribution in [0.15, 0.2) is 36.4 Å². The van der Waals surface area contributed by atoms with Crippen LogP contribution < -0.4 is 14.8 Å². The average molecular weight is 685 g/mol. The fraction of sp³-hybridized carbons (Fsp3) is 0.208. The molecule has 20 heteroatoms. The molecule has 0 saturated carbocycles. The van der Waals surface area contributed by atoms with Crippen molar-refractivity contribution < 1.29 is 76.2 Å². The minimum atomic E-state index is -4.89. The molecule has 0 bridgehead atoms. The number of ketones is 2. The summed E-state index contributed by atoms with van der Waals surface area (Å²) in [4.78, 5) is 46.8. The molecule has 12 nitrogen and oxygen atoms in total. The molecule has 0 spiro atoms. The predicted molar refractivity (Wildman–Crippen MR) is 139 cm³/mol. The maximum atomic E-state index is 12.1. The van der Waals surface area contributed by atoms with Gasteiger partial charge in [0.05, 0.1) is 28.3 Å². The molecule has 5 N–H and O–H groups in total. The molecule has 4 rings (SSSR count). The van der Waals surface area contributed by atoms with Crippen LogP contribution in [-0.2, 0) is 9.59 Å². The first-order valence-electron chi connectivity index (χ1n) is 10.8. The maximum Gasteiger partial charge on any atom is 2.00 e. The van der Waals surface area contributed by atoms with Crippen molar-refractivity contribution in [1.29, 1.82) is 0 Å². The number of ether oxygens (including phenoxy) is 2. The van der Waals surface area contributed by atoms with Crippen molar-refractivity contribution in [3.8, 4) is 17.2 Å². The summed E-state index contributed by atoms with van der Waals surface area (Å²) < 4.78 is 79.4. The zero-order chi connectivity index (χ0) is 31.3. The first kappa shape index (κ1) is 42.7. The van der Waals surface area contributed by atoms with Gasteiger partial charge in [0, 0.05) is 5.39 Å². The first-order chi connectivity index (χ1) is 18.8. The Bertz CT molecular complexity index is 1520. The summed E-state index contributed by atoms with van der Waals surface area (Å²) in [5.74, 6) is -4.75. The molecule has 1 aliphatic heterocycles. The average Bonchev–Trinajstić information content (AvgIpc) is 3.11. The fourth-order valence-electron chi connectivity index (χ4n) is 3.09. The number of aryl methyl sites for hydroxylation is 1. The number of hydrogen-bond acceptors (Lipinski definition) is 10. The number of carboxylic acid groups (broad SMARTS) is 1. The quantitative estimate of drug-likeness (QED) is 0.149. The molecule has 0 aliphatic carbocycles. The van der Waals surface area contributed by atoms with Gasteiger partial charge in [-0.05, 0) is 50.2 Å². The number of aromatic nitrogens is 1. The summed E-state index contributed by atoms with van der Waals surface area (Å²) in [5, 5.41) is 20.8. The van der Waals surface area contributed by atoms with E-state index in [4.69, 9.17) is 16.7 Å². The summed E-state index contributed by atoms with van der Waals surface area (Å²) in [5.41, 5.74) is -0.233. The van der Waals surface area contributed by atoms with Crippen LogP contribution in [0.1, 0.15) is 33.3 Å². The molecule has 2 aromatic carbocycles. The number of fused-ring (bicyclic) bond motifs is 2. The number of carbonyl (C=O) groups is 4. The molecular weight excluding hydrogens is 666 g/mol. The van der Waals surface area contributed by atoms with Crippen molar-refractivity contribution in [3.63, 3.8) is 0 Å². The summed E-state index contributed by atoms with van der Waals surface area (Å²) in [6.07, 6.45) is -9.72. The zero-order valence-corrected chi connectivity index (χ0v) is 25.2. The number of halogens is 7. The van der Waals surface area contributed by atoms with Gasteiger partial charge in [-0.3, -0.25) is 14.4 Å². The second-order valence-electron chi connectivity index (χ2n) is 7.83. The van der Waals surface area contributed by atoms with Gasteiger partial charge in [-0.1, -0.05) is 0 Å². The third-order valence-corrected chi connectivity index (χ3v) is 5.04. The van der Waals surface area contributed by atoms with E-state index in [1.165, 1.54) is 26.0 Å². The zero-order valence-electron chi connectivity index (χ0n) is 22.2. The molecule has 1 aromatic heterocycles. The molecule has 0 atom stereocenters. The van der Waals surface area contributed by atoms with Gasteiger partial charge in [0.2, 0.25) is 0 Å². The third kappa shape index (κ3) is 12.3. The van der Waals surface area contributed by atoms with Gasteiger partial charge in [-0.15, -0.1) is 37.9 Å². The number of aromatic carboxylic acids is 1. The Balaban J connectivity index is 0. The van der Waals surface area contributed by atoms with E-state index in [-0.39, 0.29) is 88.2 Å². The van der Waals surface area contributed by atoms with E-state index in [0.717, 1.165) is 24.3 Å². The van der Waals surface area contributed by atoms with Crippen molar-refractivity contribution in [1.82, 2.24) is 4.98 Å². The topological polar surface area (TPSA) is 212 Å². The summed E-state index contributed by atoms with van der Waals surface area (Å²) in [6, 6.07) is 6.16. The number of rotatable bonds is 4. The number of benzene rings is 2. The smallest absolute Gasteiger partial charge is 0.870 e. The van der Waals surface area contributed by atoms with Gasteiger partial charge >= 0.3 is 56.4 Å². The van der Waals surface area contributed by atoms with Gasteiger partial charge in [-0.25, -0.2) is 9.78 Å². The Morgan fingerprint density at radius 3 is 1.89 bits per heavy atom. The number of nitrogens with one attached hydrogen (secondary N) is 1. The first-order valence-corrected chi connectivity index (χ1v) is 11.3. The number of alkyl halides is 7. The second kappa shape index (κ2) is 17.2. The molecule has 236 valence electrons. The van der Waals surface area contributed by atoms with Gasteiger partial charge in [0.25, 0.3) is 11.7 Å². The van der Waals surface area contributed by atoms with Crippen molar-refractivity contribution in [2.45, 2.75) is 26.6 Å². The van der Waals surface area contributed by atoms with Crippen LogP contribution in [0.4, 0.5) is 32.0 Å². The van der Waals surface area contributed by atoms with Crippen molar-refractivity contribution in [2.24, 2.45) is 0 Å². The van der Waals surface area contributed by atoms with Crippen LogP contribution in [0.2, 0.25) is 0 Å². The number of nitrogens with zero attached hydrogens (tertiary/aromatic N) is 1. The molecule has 0 saturated heterocycles. The Hall–Kier alpha value is -3.42. The minimum Gasteiger partial charge on any atom is -0.870 e. The molecule has 0 fully saturated rings.